The van der Waals surface area contributed by atoms with E-state index in [0.717, 1.165) is 19.4 Å². The number of hydrogen-bond acceptors (Lipinski definition) is 10. The van der Waals surface area contributed by atoms with Gasteiger partial charge in [-0.1, -0.05) is 26.0 Å². The fourth-order valence-corrected chi connectivity index (χ4v) is 7.51. The van der Waals surface area contributed by atoms with Crippen LogP contribution in [0.2, 0.25) is 0 Å². The first kappa shape index (κ1) is 32.1. The number of hydrogen-bond donors (Lipinski definition) is 5. The Balaban J connectivity index is 1.84. The Morgan fingerprint density at radius 2 is 1.72 bits per heavy atom. The molecule has 3 aliphatic carbocycles. The number of Topliss-reactive ketones (excluding diaryl/α,β-unsaturated/α-hetero) is 2. The number of primary amides is 1. The zero-order chi connectivity index (χ0) is 32.2. The van der Waals surface area contributed by atoms with Crippen molar-refractivity contribution in [2.75, 3.05) is 34.7 Å². The summed E-state index contributed by atoms with van der Waals surface area (Å²) in [6.07, 6.45) is 5.06. The number of ketones is 3. The van der Waals surface area contributed by atoms with Gasteiger partial charge < -0.3 is 31.1 Å². The normalized spacial score (nSPS) is 28.9. The van der Waals surface area contributed by atoms with Gasteiger partial charge in [-0.15, -0.1) is 0 Å². The lowest BCUT2D eigenvalue weighted by atomic mass is 9.47. The van der Waals surface area contributed by atoms with E-state index in [4.69, 9.17) is 5.73 Å². The van der Waals surface area contributed by atoms with Crippen LogP contribution < -0.4 is 5.73 Å². The third-order valence-corrected chi connectivity index (χ3v) is 9.28. The molecule has 3 aliphatic rings. The molecule has 232 valence electrons. The van der Waals surface area contributed by atoms with E-state index < -0.39 is 57.0 Å². The molecule has 11 heteroatoms. The summed E-state index contributed by atoms with van der Waals surface area (Å²) in [7, 11) is 7.10. The molecule has 0 bridgehead atoms. The first-order valence-corrected chi connectivity index (χ1v) is 14.3. The van der Waals surface area contributed by atoms with Gasteiger partial charge >= 0.3 is 0 Å². The summed E-state index contributed by atoms with van der Waals surface area (Å²) in [6.45, 7) is 4.09. The number of aliphatic hydroxyl groups is 3. The van der Waals surface area contributed by atoms with Crippen molar-refractivity contribution in [3.05, 3.63) is 57.6 Å². The monoisotopic (exact) mass is 595 g/mol. The van der Waals surface area contributed by atoms with Crippen LogP contribution in [0.5, 0.6) is 5.75 Å². The summed E-state index contributed by atoms with van der Waals surface area (Å²) in [6, 6.07) is 1.79. The number of fused-ring (bicyclic) bond motifs is 3. The lowest BCUT2D eigenvalue weighted by molar-refractivity contribution is -0.169. The molecule has 0 fully saturated rings. The molecular weight excluding hydrogens is 554 g/mol. The zero-order valence-electron chi connectivity index (χ0n) is 25.5. The smallest absolute Gasteiger partial charge is 0.255 e. The Labute approximate surface area is 251 Å². The molecule has 4 atom stereocenters. The number of benzene rings is 1. The lowest BCUT2D eigenvalue weighted by Gasteiger charge is -2.59. The standard InChI is InChI=1S/C32H41N3O8/c1-30-15-19-17(10-12-18(36)9-7-8-14-34(3)4)11-13-20(37)21(19)24(38)23(30)28(41)32(43)27(40)22(29(33)42)25(39)26(35(5)6)31(32,2)16-30/h10-13,26,37,39,41,43H,7-9,14-16H2,1-6H3,(H2,33,42)/b12-10+/t26-,30+,31+,32-/m1/s1. The molecule has 0 radical (unpaired) electrons. The van der Waals surface area contributed by atoms with Crippen LogP contribution in [0.25, 0.3) is 6.08 Å². The maximum absolute atomic E-state index is 14.1. The molecule has 0 aliphatic heterocycles. The van der Waals surface area contributed by atoms with Crippen molar-refractivity contribution >= 4 is 29.3 Å². The molecule has 0 unspecified atom stereocenters. The predicted octanol–water partition coefficient (Wildman–Crippen LogP) is 2.22. The number of phenolic OH excluding ortho intramolecular Hbond substituents is 1. The van der Waals surface area contributed by atoms with Crippen LogP contribution in [0.3, 0.4) is 0 Å². The number of carbonyl (C=O) groups is 4. The fraction of sp³-hybridized carbons (Fsp3) is 0.500. The number of phenols is 1. The van der Waals surface area contributed by atoms with E-state index in [2.05, 4.69) is 0 Å². The maximum Gasteiger partial charge on any atom is 0.255 e. The number of nitrogens with zero attached hydrogens (tertiary/aromatic N) is 2. The van der Waals surface area contributed by atoms with E-state index in [1.807, 2.05) is 19.0 Å². The summed E-state index contributed by atoms with van der Waals surface area (Å²) in [5.74, 6) is -5.35. The third kappa shape index (κ3) is 4.89. The number of likely N-dealkylation sites (N-methyl/N-ethyl adjacent to an activating group) is 1. The number of allylic oxidation sites excluding steroid dienone is 2. The van der Waals surface area contributed by atoms with Crippen molar-refractivity contribution in [2.24, 2.45) is 16.6 Å². The Hall–Kier alpha value is -3.80. The SMILES string of the molecule is CN(C)CCCCC(=O)/C=C/c1ccc(O)c2c1C[C@@]1(C)C[C@@]3(C)[C@H](N(C)C)C(O)=C(C(N)=O)C(=O)[C@@]3(O)C(O)=C1C2=O. The van der Waals surface area contributed by atoms with E-state index in [1.165, 1.54) is 24.0 Å². The summed E-state index contributed by atoms with van der Waals surface area (Å²) >= 11 is 0. The van der Waals surface area contributed by atoms with Gasteiger partial charge in [0.05, 0.1) is 11.6 Å². The van der Waals surface area contributed by atoms with E-state index >= 15 is 0 Å². The molecule has 1 amide bonds. The van der Waals surface area contributed by atoms with E-state index in [0.29, 0.717) is 17.5 Å². The molecule has 1 aromatic rings. The van der Waals surface area contributed by atoms with Gasteiger partial charge in [0, 0.05) is 22.8 Å². The molecule has 1 aromatic carbocycles. The number of nitrogens with two attached hydrogens (primary N) is 1. The van der Waals surface area contributed by atoms with Crippen LogP contribution in [0.1, 0.15) is 61.0 Å². The second-order valence-corrected chi connectivity index (χ2v) is 13.0. The van der Waals surface area contributed by atoms with Crippen molar-refractivity contribution in [3.8, 4) is 5.75 Å². The molecule has 43 heavy (non-hydrogen) atoms. The van der Waals surface area contributed by atoms with Gasteiger partial charge in [-0.2, -0.15) is 0 Å². The van der Waals surface area contributed by atoms with Crippen LogP contribution in [-0.2, 0) is 20.8 Å². The van der Waals surface area contributed by atoms with Crippen LogP contribution in [-0.4, -0.2) is 99.9 Å². The second-order valence-electron chi connectivity index (χ2n) is 13.0. The number of rotatable bonds is 9. The third-order valence-electron chi connectivity index (χ3n) is 9.28. The molecule has 0 saturated heterocycles. The number of carbonyl (C=O) groups excluding carboxylic acids is 4. The average molecular weight is 596 g/mol. The molecule has 4 rings (SSSR count). The largest absolute Gasteiger partial charge is 0.510 e. The van der Waals surface area contributed by atoms with Crippen molar-refractivity contribution in [1.82, 2.24) is 9.80 Å². The zero-order valence-corrected chi connectivity index (χ0v) is 25.5. The van der Waals surface area contributed by atoms with E-state index in [9.17, 15) is 39.6 Å². The van der Waals surface area contributed by atoms with Gasteiger partial charge in [0.25, 0.3) is 5.91 Å². The van der Waals surface area contributed by atoms with Crippen molar-refractivity contribution < 1.29 is 39.6 Å². The number of aliphatic hydroxyl groups excluding tert-OH is 2. The molecule has 0 aromatic heterocycles. The van der Waals surface area contributed by atoms with Crippen molar-refractivity contribution in [1.29, 1.82) is 0 Å². The predicted molar refractivity (Wildman–Crippen MR) is 159 cm³/mol. The highest BCUT2D eigenvalue weighted by Crippen LogP contribution is 2.62. The maximum atomic E-state index is 14.1. The Morgan fingerprint density at radius 1 is 1.07 bits per heavy atom. The average Bonchev–Trinajstić information content (AvgIpc) is 2.87. The van der Waals surface area contributed by atoms with Crippen LogP contribution in [0.4, 0.5) is 0 Å². The van der Waals surface area contributed by atoms with Gasteiger partial charge in [-0.3, -0.25) is 24.1 Å². The first-order chi connectivity index (χ1) is 19.9. The number of amides is 1. The quantitative estimate of drug-likeness (QED) is 0.161. The van der Waals surface area contributed by atoms with Gasteiger partial charge in [0.15, 0.2) is 17.2 Å². The molecule has 11 nitrogen and oxygen atoms in total. The molecule has 0 saturated carbocycles. The van der Waals surface area contributed by atoms with Crippen LogP contribution >= 0.6 is 0 Å². The highest BCUT2D eigenvalue weighted by atomic mass is 16.4. The fourth-order valence-electron chi connectivity index (χ4n) is 7.51. The molecule has 6 N–H and O–H groups in total. The van der Waals surface area contributed by atoms with E-state index in [1.54, 1.807) is 33.2 Å². The van der Waals surface area contributed by atoms with Crippen LogP contribution in [0, 0.1) is 10.8 Å². The summed E-state index contributed by atoms with van der Waals surface area (Å²) in [5.41, 5.74) is -0.366. The Morgan fingerprint density at radius 3 is 2.30 bits per heavy atom. The minimum absolute atomic E-state index is 0.0740. The summed E-state index contributed by atoms with van der Waals surface area (Å²) < 4.78 is 0. The minimum Gasteiger partial charge on any atom is -0.510 e. The molecule has 0 heterocycles. The number of unbranched alkanes of at least 4 members (excludes halogenated alkanes) is 1. The highest BCUT2D eigenvalue weighted by Gasteiger charge is 2.71. The van der Waals surface area contributed by atoms with Crippen LogP contribution in [0.15, 0.2) is 40.9 Å². The van der Waals surface area contributed by atoms with Gasteiger partial charge in [0.2, 0.25) is 5.78 Å². The lowest BCUT2D eigenvalue weighted by Crippen LogP contribution is -2.70. The van der Waals surface area contributed by atoms with Gasteiger partial charge in [-0.05, 0) is 83.7 Å². The first-order valence-electron chi connectivity index (χ1n) is 14.3. The number of aromatic hydroxyl groups is 1. The van der Waals surface area contributed by atoms with Gasteiger partial charge in [-0.25, -0.2) is 0 Å². The topological polar surface area (TPSA) is 182 Å². The second kappa shape index (κ2) is 11.0. The molecular formula is C32H41N3O8. The summed E-state index contributed by atoms with van der Waals surface area (Å²) in [5, 5.41) is 45.6. The van der Waals surface area contributed by atoms with Crippen molar-refractivity contribution in [2.45, 2.75) is 57.6 Å². The van der Waals surface area contributed by atoms with Crippen molar-refractivity contribution in [3.63, 3.8) is 0 Å². The Bertz CT molecular complexity index is 1510. The molecule has 0 spiro atoms. The Kier molecular flexibility index (Phi) is 8.25. The minimum atomic E-state index is -2.77. The highest BCUT2D eigenvalue weighted by molar-refractivity contribution is 6.25. The summed E-state index contributed by atoms with van der Waals surface area (Å²) in [4.78, 5) is 56.1. The van der Waals surface area contributed by atoms with Gasteiger partial charge in [0.1, 0.15) is 22.8 Å². The van der Waals surface area contributed by atoms with E-state index in [-0.39, 0.29) is 35.5 Å².